The summed E-state index contributed by atoms with van der Waals surface area (Å²) in [4.78, 5) is 22.5. The first-order chi connectivity index (χ1) is 12.0. The van der Waals surface area contributed by atoms with Crippen molar-refractivity contribution in [3.05, 3.63) is 29.7 Å². The second-order valence-electron chi connectivity index (χ2n) is 6.65. The summed E-state index contributed by atoms with van der Waals surface area (Å²) >= 11 is 0. The molecule has 0 saturated heterocycles. The highest BCUT2D eigenvalue weighted by molar-refractivity contribution is 5.88. The van der Waals surface area contributed by atoms with Gasteiger partial charge in [-0.2, -0.15) is 5.10 Å². The van der Waals surface area contributed by atoms with Gasteiger partial charge >= 0.3 is 6.03 Å². The Morgan fingerprint density at radius 1 is 1.36 bits per heavy atom. The van der Waals surface area contributed by atoms with Gasteiger partial charge < -0.3 is 10.2 Å². The topological polar surface area (TPSA) is 88.0 Å². The van der Waals surface area contributed by atoms with Crippen LogP contribution in [-0.2, 0) is 6.54 Å². The van der Waals surface area contributed by atoms with Crippen molar-refractivity contribution in [3.8, 4) is 0 Å². The summed E-state index contributed by atoms with van der Waals surface area (Å²) in [6, 6.07) is 0.127. The molecule has 1 fully saturated rings. The van der Waals surface area contributed by atoms with Crippen molar-refractivity contribution < 1.29 is 4.79 Å². The van der Waals surface area contributed by atoms with Gasteiger partial charge in [0.1, 0.15) is 5.82 Å². The zero-order chi connectivity index (χ0) is 18.0. The minimum Gasteiger partial charge on any atom is -0.357 e. The van der Waals surface area contributed by atoms with Crippen molar-refractivity contribution >= 4 is 17.8 Å². The molecular weight excluding hydrogens is 318 g/mol. The second kappa shape index (κ2) is 7.08. The molecule has 1 saturated carbocycles. The van der Waals surface area contributed by atoms with E-state index in [-0.39, 0.29) is 6.03 Å². The molecule has 1 aliphatic carbocycles. The maximum Gasteiger partial charge on any atom is 0.323 e. The molecule has 8 nitrogen and oxygen atoms in total. The molecule has 25 heavy (non-hydrogen) atoms. The molecule has 2 amide bonds. The predicted molar refractivity (Wildman–Crippen MR) is 96.5 cm³/mol. The third-order valence-corrected chi connectivity index (χ3v) is 4.59. The minimum absolute atomic E-state index is 0.175. The Bertz CT molecular complexity index is 736. The molecule has 0 bridgehead atoms. The van der Waals surface area contributed by atoms with E-state index < -0.39 is 0 Å². The number of carbonyl (C=O) groups is 1. The summed E-state index contributed by atoms with van der Waals surface area (Å²) in [6.45, 7) is 4.55. The normalized spacial score (nSPS) is 14.9. The Kier molecular flexibility index (Phi) is 4.87. The third-order valence-electron chi connectivity index (χ3n) is 4.59. The van der Waals surface area contributed by atoms with Crippen molar-refractivity contribution in [2.24, 2.45) is 5.92 Å². The van der Waals surface area contributed by atoms with Gasteiger partial charge in [-0.05, 0) is 32.6 Å². The molecule has 2 heterocycles. The molecule has 0 aromatic carbocycles. The summed E-state index contributed by atoms with van der Waals surface area (Å²) < 4.78 is 1.93. The monoisotopic (exact) mass is 343 g/mol. The molecule has 2 aromatic rings. The second-order valence-corrected chi connectivity index (χ2v) is 6.65. The Balaban J connectivity index is 1.66. The fraction of sp³-hybridized carbons (Fsp3) is 0.529. The van der Waals surface area contributed by atoms with Crippen LogP contribution in [0.25, 0.3) is 0 Å². The quantitative estimate of drug-likeness (QED) is 0.842. The van der Waals surface area contributed by atoms with Crippen LogP contribution >= 0.6 is 0 Å². The van der Waals surface area contributed by atoms with E-state index in [0.29, 0.717) is 24.5 Å². The van der Waals surface area contributed by atoms with E-state index in [2.05, 4.69) is 32.6 Å². The lowest BCUT2D eigenvalue weighted by molar-refractivity contribution is 0.220. The lowest BCUT2D eigenvalue weighted by Crippen LogP contribution is -2.32. The molecule has 2 aromatic heterocycles. The molecule has 134 valence electrons. The van der Waals surface area contributed by atoms with Crippen LogP contribution in [0.4, 0.5) is 16.6 Å². The number of urea groups is 1. The number of hydrogen-bond acceptors (Lipinski definition) is 5. The van der Waals surface area contributed by atoms with Crippen molar-refractivity contribution in [1.29, 1.82) is 0 Å². The van der Waals surface area contributed by atoms with Gasteiger partial charge in [0.15, 0.2) is 0 Å². The number of nitrogens with zero attached hydrogens (tertiary/aromatic N) is 5. The van der Waals surface area contributed by atoms with Gasteiger partial charge in [-0.3, -0.25) is 5.32 Å². The first-order valence-electron chi connectivity index (χ1n) is 8.54. The van der Waals surface area contributed by atoms with Gasteiger partial charge in [0.25, 0.3) is 0 Å². The van der Waals surface area contributed by atoms with Gasteiger partial charge in [0.2, 0.25) is 5.95 Å². The molecule has 2 N–H and O–H groups in total. The number of aromatic nitrogens is 4. The summed E-state index contributed by atoms with van der Waals surface area (Å²) in [7, 11) is 3.52. The van der Waals surface area contributed by atoms with E-state index >= 15 is 0 Å². The molecular formula is C17H25N7O. The molecule has 0 aliphatic heterocycles. The van der Waals surface area contributed by atoms with Gasteiger partial charge in [0, 0.05) is 37.6 Å². The highest BCUT2D eigenvalue weighted by Crippen LogP contribution is 2.40. The third kappa shape index (κ3) is 3.89. The van der Waals surface area contributed by atoms with Crippen LogP contribution in [0, 0.1) is 12.8 Å². The summed E-state index contributed by atoms with van der Waals surface area (Å²) in [5.41, 5.74) is 1.84. The van der Waals surface area contributed by atoms with Crippen molar-refractivity contribution in [2.45, 2.75) is 39.3 Å². The van der Waals surface area contributed by atoms with Gasteiger partial charge in [-0.15, -0.1) is 0 Å². The van der Waals surface area contributed by atoms with Gasteiger partial charge in [-0.25, -0.2) is 19.4 Å². The highest BCUT2D eigenvalue weighted by atomic mass is 16.2. The van der Waals surface area contributed by atoms with E-state index in [0.717, 1.165) is 16.9 Å². The van der Waals surface area contributed by atoms with E-state index in [4.69, 9.17) is 0 Å². The largest absolute Gasteiger partial charge is 0.357 e. The number of aryl methyl sites for hydroxylation is 1. The highest BCUT2D eigenvalue weighted by Gasteiger charge is 2.31. The first kappa shape index (κ1) is 17.2. The van der Waals surface area contributed by atoms with Crippen LogP contribution in [0.5, 0.6) is 0 Å². The van der Waals surface area contributed by atoms with Crippen molar-refractivity contribution in [1.82, 2.24) is 24.6 Å². The van der Waals surface area contributed by atoms with Crippen LogP contribution in [0.15, 0.2) is 18.6 Å². The van der Waals surface area contributed by atoms with Crippen LogP contribution in [0.1, 0.15) is 36.9 Å². The Morgan fingerprint density at radius 2 is 2.04 bits per heavy atom. The lowest BCUT2D eigenvalue weighted by Gasteiger charge is -2.20. The number of rotatable bonds is 6. The minimum atomic E-state index is -0.175. The van der Waals surface area contributed by atoms with Crippen LogP contribution in [0.3, 0.4) is 0 Å². The van der Waals surface area contributed by atoms with Crippen LogP contribution < -0.4 is 10.6 Å². The van der Waals surface area contributed by atoms with E-state index in [9.17, 15) is 4.79 Å². The molecule has 0 spiro atoms. The Hall–Kier alpha value is -2.64. The molecule has 1 aliphatic rings. The smallest absolute Gasteiger partial charge is 0.323 e. The van der Waals surface area contributed by atoms with Crippen LogP contribution in [-0.4, -0.2) is 44.8 Å². The maximum absolute atomic E-state index is 12.6. The lowest BCUT2D eigenvalue weighted by atomic mass is 10.2. The number of anilines is 2. The number of nitrogens with one attached hydrogen (secondary N) is 2. The standard InChI is InChI=1S/C17H25N7O/c1-11-7-21-24(12(2)14-5-6-14)15(11)22-17(25)23(4)10-13-8-19-16(18-3)20-9-13/h7-9,12,14H,5-6,10H2,1-4H3,(H,22,25)(H,18,19,20)/t12-/m0/s1. The predicted octanol–water partition coefficient (Wildman–Crippen LogP) is 2.66. The SMILES string of the molecule is CNc1ncc(CN(C)C(=O)Nc2c(C)cnn2[C@@H](C)C2CC2)cn1. The zero-order valence-corrected chi connectivity index (χ0v) is 15.2. The molecule has 8 heteroatoms. The fourth-order valence-electron chi connectivity index (χ4n) is 2.80. The average molecular weight is 343 g/mol. The van der Waals surface area contributed by atoms with Crippen molar-refractivity contribution in [2.75, 3.05) is 24.7 Å². The number of amides is 2. The molecule has 1 atom stereocenters. The average Bonchev–Trinajstić information content (AvgIpc) is 3.40. The number of hydrogen-bond donors (Lipinski definition) is 2. The Labute approximate surface area is 147 Å². The van der Waals surface area contributed by atoms with Crippen molar-refractivity contribution in [3.63, 3.8) is 0 Å². The van der Waals surface area contributed by atoms with E-state index in [1.807, 2.05) is 11.6 Å². The molecule has 0 radical (unpaired) electrons. The number of carbonyl (C=O) groups excluding carboxylic acids is 1. The van der Waals surface area contributed by atoms with E-state index in [1.54, 1.807) is 37.6 Å². The fourth-order valence-corrected chi connectivity index (χ4v) is 2.80. The summed E-state index contributed by atoms with van der Waals surface area (Å²) in [5, 5.41) is 10.3. The van der Waals surface area contributed by atoms with E-state index in [1.165, 1.54) is 12.8 Å². The van der Waals surface area contributed by atoms with Gasteiger partial charge in [0.05, 0.1) is 18.8 Å². The molecule has 0 unspecified atom stereocenters. The Morgan fingerprint density at radius 3 is 2.64 bits per heavy atom. The van der Waals surface area contributed by atoms with Gasteiger partial charge in [-0.1, -0.05) is 0 Å². The maximum atomic E-state index is 12.6. The van der Waals surface area contributed by atoms with Crippen LogP contribution in [0.2, 0.25) is 0 Å². The summed E-state index contributed by atoms with van der Waals surface area (Å²) in [5.74, 6) is 2.00. The first-order valence-corrected chi connectivity index (χ1v) is 8.54. The molecule has 3 rings (SSSR count). The zero-order valence-electron chi connectivity index (χ0n) is 15.2. The summed E-state index contributed by atoms with van der Waals surface area (Å²) in [6.07, 6.45) is 7.70.